The normalized spacial score (nSPS) is 12.0. The summed E-state index contributed by atoms with van der Waals surface area (Å²) < 4.78 is 6.66. The standard InChI is InChI=1S/C16H23N5O4/c1-20(25-3)10-14(22)11-21-9-13(8-17-21)19-16(23)18-12-5-4-6-15(7-12)24-2/h4-9,14,22H,10-11H2,1-3H3,(H2,18,19,23)/t14-/m1/s1. The zero-order chi connectivity index (χ0) is 18.2. The number of carbonyl (C=O) groups excluding carboxylic acids is 1. The number of hydrogen-bond acceptors (Lipinski definition) is 6. The monoisotopic (exact) mass is 349 g/mol. The Morgan fingerprint density at radius 1 is 1.36 bits per heavy atom. The quantitative estimate of drug-likeness (QED) is 0.623. The second-order valence-corrected chi connectivity index (χ2v) is 5.41. The van der Waals surface area contributed by atoms with Gasteiger partial charge < -0.3 is 25.3 Å². The van der Waals surface area contributed by atoms with Crippen LogP contribution in [0.4, 0.5) is 16.2 Å². The first kappa shape index (κ1) is 18.7. The molecule has 1 aromatic heterocycles. The Labute approximate surface area is 146 Å². The van der Waals surface area contributed by atoms with E-state index in [4.69, 9.17) is 9.57 Å². The van der Waals surface area contributed by atoms with E-state index in [1.807, 2.05) is 0 Å². The van der Waals surface area contributed by atoms with Gasteiger partial charge in [0.05, 0.1) is 45.3 Å². The van der Waals surface area contributed by atoms with Crippen LogP contribution < -0.4 is 15.4 Å². The van der Waals surface area contributed by atoms with E-state index in [-0.39, 0.29) is 6.54 Å². The lowest BCUT2D eigenvalue weighted by Crippen LogP contribution is -2.31. The number of ether oxygens (including phenoxy) is 1. The van der Waals surface area contributed by atoms with Crippen LogP contribution in [-0.4, -0.2) is 59.9 Å². The number of methoxy groups -OCH3 is 1. The van der Waals surface area contributed by atoms with Crippen molar-refractivity contribution in [3.8, 4) is 5.75 Å². The van der Waals surface area contributed by atoms with Crippen molar-refractivity contribution in [1.29, 1.82) is 0 Å². The molecule has 0 spiro atoms. The minimum absolute atomic E-state index is 0.285. The molecule has 2 amide bonds. The largest absolute Gasteiger partial charge is 0.497 e. The Bertz CT molecular complexity index is 691. The number of benzene rings is 1. The molecule has 0 unspecified atom stereocenters. The van der Waals surface area contributed by atoms with Crippen LogP contribution in [0.2, 0.25) is 0 Å². The highest BCUT2D eigenvalue weighted by molar-refractivity contribution is 5.99. The third kappa shape index (κ3) is 6.07. The molecule has 2 aromatic rings. The van der Waals surface area contributed by atoms with E-state index >= 15 is 0 Å². The molecular weight excluding hydrogens is 326 g/mol. The summed E-state index contributed by atoms with van der Waals surface area (Å²) in [6.45, 7) is 0.627. The van der Waals surface area contributed by atoms with Crippen LogP contribution in [0, 0.1) is 0 Å². The Morgan fingerprint density at radius 3 is 2.84 bits per heavy atom. The number of carbonyl (C=O) groups is 1. The average molecular weight is 349 g/mol. The smallest absolute Gasteiger partial charge is 0.323 e. The molecule has 0 saturated carbocycles. The molecule has 0 bridgehead atoms. The number of aliphatic hydroxyl groups excluding tert-OH is 1. The van der Waals surface area contributed by atoms with E-state index in [1.165, 1.54) is 18.4 Å². The highest BCUT2D eigenvalue weighted by Crippen LogP contribution is 2.17. The molecule has 0 aliphatic carbocycles. The first-order chi connectivity index (χ1) is 12.0. The molecular formula is C16H23N5O4. The number of urea groups is 1. The van der Waals surface area contributed by atoms with Crippen molar-refractivity contribution < 1.29 is 19.5 Å². The predicted octanol–water partition coefficient (Wildman–Crippen LogP) is 1.39. The Balaban J connectivity index is 1.86. The minimum atomic E-state index is -0.650. The first-order valence-electron chi connectivity index (χ1n) is 7.68. The van der Waals surface area contributed by atoms with E-state index in [1.54, 1.807) is 49.3 Å². The minimum Gasteiger partial charge on any atom is -0.497 e. The molecule has 9 nitrogen and oxygen atoms in total. The topological polar surface area (TPSA) is 101 Å². The van der Waals surface area contributed by atoms with Gasteiger partial charge in [0, 0.05) is 25.0 Å². The number of hydroxylamine groups is 2. The number of hydrogen-bond donors (Lipinski definition) is 3. The van der Waals surface area contributed by atoms with Gasteiger partial charge in [-0.05, 0) is 12.1 Å². The van der Waals surface area contributed by atoms with Crippen molar-refractivity contribution in [1.82, 2.24) is 14.8 Å². The third-order valence-electron chi connectivity index (χ3n) is 3.40. The van der Waals surface area contributed by atoms with Crippen LogP contribution in [0.5, 0.6) is 5.75 Å². The van der Waals surface area contributed by atoms with E-state index in [0.29, 0.717) is 23.7 Å². The van der Waals surface area contributed by atoms with Gasteiger partial charge in [0.15, 0.2) is 0 Å². The Kier molecular flexibility index (Phi) is 6.75. The van der Waals surface area contributed by atoms with Crippen LogP contribution in [0.1, 0.15) is 0 Å². The van der Waals surface area contributed by atoms with Gasteiger partial charge >= 0.3 is 6.03 Å². The summed E-state index contributed by atoms with van der Waals surface area (Å²) in [4.78, 5) is 17.0. The first-order valence-corrected chi connectivity index (χ1v) is 7.68. The van der Waals surface area contributed by atoms with Crippen LogP contribution in [-0.2, 0) is 11.4 Å². The van der Waals surface area contributed by atoms with Gasteiger partial charge in [0.25, 0.3) is 0 Å². The highest BCUT2D eigenvalue weighted by atomic mass is 16.7. The van der Waals surface area contributed by atoms with E-state index in [2.05, 4.69) is 15.7 Å². The molecule has 0 aliphatic heterocycles. The van der Waals surface area contributed by atoms with Crippen LogP contribution in [0.3, 0.4) is 0 Å². The van der Waals surface area contributed by atoms with Gasteiger partial charge in [-0.2, -0.15) is 10.2 Å². The van der Waals surface area contributed by atoms with Crippen LogP contribution in [0.15, 0.2) is 36.7 Å². The molecule has 0 fully saturated rings. The molecule has 0 radical (unpaired) electrons. The SMILES string of the molecule is COc1cccc(NC(=O)Nc2cnn(C[C@H](O)CN(C)OC)c2)c1. The van der Waals surface area contributed by atoms with Gasteiger partial charge in [-0.1, -0.05) is 6.07 Å². The lowest BCUT2D eigenvalue weighted by molar-refractivity contribution is -0.129. The van der Waals surface area contributed by atoms with Crippen LogP contribution in [0.25, 0.3) is 0 Å². The number of nitrogens with zero attached hydrogens (tertiary/aromatic N) is 3. The summed E-state index contributed by atoms with van der Waals surface area (Å²) in [5.41, 5.74) is 1.13. The molecule has 0 aliphatic rings. The number of rotatable bonds is 8. The summed E-state index contributed by atoms with van der Waals surface area (Å²) in [7, 11) is 4.82. The molecule has 1 aromatic carbocycles. The van der Waals surface area contributed by atoms with E-state index in [0.717, 1.165) is 0 Å². The lowest BCUT2D eigenvalue weighted by atomic mass is 10.3. The number of likely N-dealkylation sites (N-methyl/N-ethyl adjacent to an activating group) is 1. The fourth-order valence-electron chi connectivity index (χ4n) is 2.17. The van der Waals surface area contributed by atoms with Crippen molar-refractivity contribution >= 4 is 17.4 Å². The van der Waals surface area contributed by atoms with E-state index < -0.39 is 12.1 Å². The highest BCUT2D eigenvalue weighted by Gasteiger charge is 2.11. The second kappa shape index (κ2) is 9.02. The predicted molar refractivity (Wildman–Crippen MR) is 93.5 cm³/mol. The number of aromatic nitrogens is 2. The molecule has 1 heterocycles. The van der Waals surface area contributed by atoms with Gasteiger partial charge in [-0.25, -0.2) is 4.79 Å². The maximum Gasteiger partial charge on any atom is 0.323 e. The van der Waals surface area contributed by atoms with Crippen LogP contribution >= 0.6 is 0 Å². The molecule has 3 N–H and O–H groups in total. The van der Waals surface area contributed by atoms with E-state index in [9.17, 15) is 9.90 Å². The maximum atomic E-state index is 12.0. The van der Waals surface area contributed by atoms with Gasteiger partial charge in [0.1, 0.15) is 5.75 Å². The Morgan fingerprint density at radius 2 is 2.12 bits per heavy atom. The molecule has 1 atom stereocenters. The maximum absolute atomic E-state index is 12.0. The summed E-state index contributed by atoms with van der Waals surface area (Å²) in [5.74, 6) is 0.653. The fraction of sp³-hybridized carbons (Fsp3) is 0.375. The summed E-state index contributed by atoms with van der Waals surface area (Å²) in [6, 6.07) is 6.65. The van der Waals surface area contributed by atoms with Gasteiger partial charge in [-0.15, -0.1) is 0 Å². The second-order valence-electron chi connectivity index (χ2n) is 5.41. The van der Waals surface area contributed by atoms with Crippen molar-refractivity contribution in [2.75, 3.05) is 38.4 Å². The third-order valence-corrected chi connectivity index (χ3v) is 3.40. The Hall–Kier alpha value is -2.62. The van der Waals surface area contributed by atoms with Crippen molar-refractivity contribution in [2.45, 2.75) is 12.6 Å². The molecule has 25 heavy (non-hydrogen) atoms. The zero-order valence-electron chi connectivity index (χ0n) is 14.5. The summed E-state index contributed by atoms with van der Waals surface area (Å²) >= 11 is 0. The molecule has 136 valence electrons. The molecule has 2 rings (SSSR count). The van der Waals surface area contributed by atoms with Gasteiger partial charge in [-0.3, -0.25) is 4.68 Å². The summed E-state index contributed by atoms with van der Waals surface area (Å²) in [6.07, 6.45) is 2.50. The molecule has 0 saturated heterocycles. The fourth-order valence-corrected chi connectivity index (χ4v) is 2.17. The summed E-state index contributed by atoms with van der Waals surface area (Å²) in [5, 5.41) is 21.0. The van der Waals surface area contributed by atoms with Gasteiger partial charge in [0.2, 0.25) is 0 Å². The van der Waals surface area contributed by atoms with Crippen molar-refractivity contribution in [2.24, 2.45) is 0 Å². The number of nitrogens with one attached hydrogen (secondary N) is 2. The number of amides is 2. The average Bonchev–Trinajstić information content (AvgIpc) is 3.01. The van der Waals surface area contributed by atoms with Crippen molar-refractivity contribution in [3.05, 3.63) is 36.7 Å². The zero-order valence-corrected chi connectivity index (χ0v) is 14.5. The number of anilines is 2. The number of aliphatic hydroxyl groups is 1. The lowest BCUT2D eigenvalue weighted by Gasteiger charge is -2.17. The molecule has 9 heteroatoms. The van der Waals surface area contributed by atoms with Crippen molar-refractivity contribution in [3.63, 3.8) is 0 Å².